The van der Waals surface area contributed by atoms with Crippen molar-refractivity contribution in [2.75, 3.05) is 0 Å². The molecule has 3 nitrogen and oxygen atoms in total. The highest BCUT2D eigenvalue weighted by atomic mass is 32.1. The Hall–Kier alpha value is -5.45. The zero-order valence-electron chi connectivity index (χ0n) is 23.2. The Kier molecular flexibility index (Phi) is 6.32. The highest BCUT2D eigenvalue weighted by molar-refractivity contribution is 7.16. The van der Waals surface area contributed by atoms with E-state index < -0.39 is 0 Å². The lowest BCUT2D eigenvalue weighted by Crippen LogP contribution is -1.96. The summed E-state index contributed by atoms with van der Waals surface area (Å²) in [6.07, 6.45) is 0. The topological polar surface area (TPSA) is 38.7 Å². The van der Waals surface area contributed by atoms with E-state index in [-0.39, 0.29) is 0 Å². The van der Waals surface area contributed by atoms with Gasteiger partial charge in [-0.3, -0.25) is 0 Å². The Morgan fingerprint density at radius 2 is 1.16 bits per heavy atom. The van der Waals surface area contributed by atoms with Crippen molar-refractivity contribution in [1.29, 1.82) is 0 Å². The van der Waals surface area contributed by atoms with Gasteiger partial charge in [0.2, 0.25) is 0 Å². The lowest BCUT2D eigenvalue weighted by Gasteiger charge is -2.16. The summed E-state index contributed by atoms with van der Waals surface area (Å²) in [6, 6.07) is 51.0. The zero-order valence-corrected chi connectivity index (χ0v) is 24.0. The van der Waals surface area contributed by atoms with Crippen LogP contribution in [0, 0.1) is 0 Å². The first-order valence-electron chi connectivity index (χ1n) is 14.3. The normalized spacial score (nSPS) is 11.3. The van der Waals surface area contributed by atoms with Crippen molar-refractivity contribution < 1.29 is 0 Å². The molecular formula is C39H25N3S. The van der Waals surface area contributed by atoms with Gasteiger partial charge in [0.15, 0.2) is 5.82 Å². The number of nitrogens with zero attached hydrogens (tertiary/aromatic N) is 3. The molecule has 0 radical (unpaired) electrons. The third kappa shape index (κ3) is 4.78. The van der Waals surface area contributed by atoms with Crippen LogP contribution in [-0.2, 0) is 0 Å². The minimum Gasteiger partial charge on any atom is -0.245 e. The van der Waals surface area contributed by atoms with E-state index in [0.717, 1.165) is 44.7 Å². The van der Waals surface area contributed by atoms with Gasteiger partial charge in [0.05, 0.1) is 27.1 Å². The van der Waals surface area contributed by atoms with Gasteiger partial charge >= 0.3 is 0 Å². The summed E-state index contributed by atoms with van der Waals surface area (Å²) in [5, 5.41) is 2.43. The van der Waals surface area contributed by atoms with Gasteiger partial charge in [0.1, 0.15) is 0 Å². The van der Waals surface area contributed by atoms with Gasteiger partial charge in [-0.05, 0) is 57.3 Å². The smallest absolute Gasteiger partial charge is 0.160 e. The molecule has 0 bridgehead atoms. The van der Waals surface area contributed by atoms with Crippen LogP contribution in [0.25, 0.3) is 77.1 Å². The summed E-state index contributed by atoms with van der Waals surface area (Å²) in [5.74, 6) is 0.713. The van der Waals surface area contributed by atoms with Crippen molar-refractivity contribution in [3.8, 4) is 56.2 Å². The van der Waals surface area contributed by atoms with E-state index in [0.29, 0.717) is 5.82 Å². The average Bonchev–Trinajstić information content (AvgIpc) is 3.57. The van der Waals surface area contributed by atoms with Gasteiger partial charge in [0.25, 0.3) is 0 Å². The van der Waals surface area contributed by atoms with Crippen LogP contribution in [0.4, 0.5) is 0 Å². The van der Waals surface area contributed by atoms with E-state index in [2.05, 4.69) is 114 Å². The maximum atomic E-state index is 5.09. The van der Waals surface area contributed by atoms with E-state index in [4.69, 9.17) is 9.97 Å². The van der Waals surface area contributed by atoms with Crippen molar-refractivity contribution >= 4 is 32.3 Å². The number of rotatable bonds is 5. The number of fused-ring (bicyclic) bond motifs is 2. The minimum atomic E-state index is 0.713. The van der Waals surface area contributed by atoms with E-state index in [1.807, 2.05) is 41.9 Å². The number of benzene rings is 6. The van der Waals surface area contributed by atoms with Crippen LogP contribution < -0.4 is 0 Å². The van der Waals surface area contributed by atoms with E-state index >= 15 is 0 Å². The predicted octanol–water partition coefficient (Wildman–Crippen LogP) is 10.6. The van der Waals surface area contributed by atoms with Gasteiger partial charge in [-0.2, -0.15) is 0 Å². The third-order valence-corrected chi connectivity index (χ3v) is 8.66. The summed E-state index contributed by atoms with van der Waals surface area (Å²) in [4.78, 5) is 14.7. The first kappa shape index (κ1) is 25.3. The lowest BCUT2D eigenvalue weighted by atomic mass is 9.89. The molecule has 4 heteroatoms. The molecule has 0 aliphatic carbocycles. The van der Waals surface area contributed by atoms with Gasteiger partial charge in [0, 0.05) is 16.7 Å². The quantitative estimate of drug-likeness (QED) is 0.208. The minimum absolute atomic E-state index is 0.713. The molecule has 0 spiro atoms. The largest absolute Gasteiger partial charge is 0.245 e. The molecule has 0 unspecified atom stereocenters. The molecule has 202 valence electrons. The molecule has 0 fully saturated rings. The number of thiazole rings is 1. The number of hydrogen-bond acceptors (Lipinski definition) is 4. The summed E-state index contributed by atoms with van der Waals surface area (Å²) in [7, 11) is 0. The second kappa shape index (κ2) is 10.8. The predicted molar refractivity (Wildman–Crippen MR) is 180 cm³/mol. The van der Waals surface area contributed by atoms with E-state index in [9.17, 15) is 0 Å². The van der Waals surface area contributed by atoms with Crippen LogP contribution in [0.3, 0.4) is 0 Å². The van der Waals surface area contributed by atoms with Crippen LogP contribution in [0.15, 0.2) is 151 Å². The SMILES string of the molecule is c1ccc(-c2cc(-c3cccc(-c4c(-c5ccc6scnc6c5)ccc5ccccc45)c3)nc(-c3ccccc3)n2)cc1. The molecular weight excluding hydrogens is 543 g/mol. The van der Waals surface area contributed by atoms with Crippen LogP contribution in [0.5, 0.6) is 0 Å². The standard InChI is InChI=1S/C39H25N3S/c1-3-11-27(12-4-1)34-24-35(42-39(41-34)28-13-5-2-6-14-28)30-15-9-16-31(22-30)38-32-17-8-7-10-26(32)18-20-33(38)29-19-21-37-36(23-29)40-25-43-37/h1-25H. The highest BCUT2D eigenvalue weighted by Gasteiger charge is 2.15. The second-order valence-corrected chi connectivity index (χ2v) is 11.4. The zero-order chi connectivity index (χ0) is 28.6. The van der Waals surface area contributed by atoms with Crippen molar-refractivity contribution in [3.05, 3.63) is 151 Å². The Bertz CT molecular complexity index is 2180. The Balaban J connectivity index is 1.33. The summed E-state index contributed by atoms with van der Waals surface area (Å²) < 4.78 is 1.19. The van der Waals surface area contributed by atoms with Crippen LogP contribution >= 0.6 is 11.3 Å². The summed E-state index contributed by atoms with van der Waals surface area (Å²) in [5.41, 5.74) is 12.5. The first-order valence-corrected chi connectivity index (χ1v) is 15.1. The average molecular weight is 568 g/mol. The molecule has 2 heterocycles. The molecule has 8 rings (SSSR count). The molecule has 0 saturated carbocycles. The molecule has 0 atom stereocenters. The van der Waals surface area contributed by atoms with E-state index in [1.165, 1.54) is 26.6 Å². The fraction of sp³-hybridized carbons (Fsp3) is 0. The fourth-order valence-corrected chi connectivity index (χ4v) is 6.41. The molecule has 0 amide bonds. The van der Waals surface area contributed by atoms with Gasteiger partial charge in [-0.15, -0.1) is 11.3 Å². The van der Waals surface area contributed by atoms with Gasteiger partial charge in [-0.1, -0.05) is 121 Å². The molecule has 0 saturated heterocycles. The van der Waals surface area contributed by atoms with Gasteiger partial charge < -0.3 is 0 Å². The second-order valence-electron chi connectivity index (χ2n) is 10.5. The molecule has 2 aromatic heterocycles. The van der Waals surface area contributed by atoms with Crippen molar-refractivity contribution in [2.24, 2.45) is 0 Å². The number of hydrogen-bond donors (Lipinski definition) is 0. The van der Waals surface area contributed by atoms with Crippen LogP contribution in [0.1, 0.15) is 0 Å². The lowest BCUT2D eigenvalue weighted by molar-refractivity contribution is 1.18. The molecule has 0 aliphatic rings. The molecule has 0 N–H and O–H groups in total. The third-order valence-electron chi connectivity index (χ3n) is 7.85. The molecule has 0 aliphatic heterocycles. The Morgan fingerprint density at radius 1 is 0.465 bits per heavy atom. The van der Waals surface area contributed by atoms with Crippen LogP contribution in [-0.4, -0.2) is 15.0 Å². The molecule has 8 aromatic rings. The maximum Gasteiger partial charge on any atom is 0.160 e. The van der Waals surface area contributed by atoms with Crippen LogP contribution in [0.2, 0.25) is 0 Å². The number of aromatic nitrogens is 3. The molecule has 6 aromatic carbocycles. The Labute approximate surface area is 253 Å². The van der Waals surface area contributed by atoms with E-state index in [1.54, 1.807) is 11.3 Å². The van der Waals surface area contributed by atoms with Crippen molar-refractivity contribution in [3.63, 3.8) is 0 Å². The highest BCUT2D eigenvalue weighted by Crippen LogP contribution is 2.40. The molecule has 43 heavy (non-hydrogen) atoms. The first-order chi connectivity index (χ1) is 21.3. The summed E-state index contributed by atoms with van der Waals surface area (Å²) in [6.45, 7) is 0. The van der Waals surface area contributed by atoms with Crippen molar-refractivity contribution in [1.82, 2.24) is 15.0 Å². The Morgan fingerprint density at radius 3 is 2.00 bits per heavy atom. The van der Waals surface area contributed by atoms with Crippen molar-refractivity contribution in [2.45, 2.75) is 0 Å². The summed E-state index contributed by atoms with van der Waals surface area (Å²) >= 11 is 1.67. The fourth-order valence-electron chi connectivity index (χ4n) is 5.75. The van der Waals surface area contributed by atoms with Gasteiger partial charge in [-0.25, -0.2) is 15.0 Å². The monoisotopic (exact) mass is 567 g/mol. The maximum absolute atomic E-state index is 5.09.